The molecule has 0 amide bonds. The van der Waals surface area contributed by atoms with Gasteiger partial charge in [0.25, 0.3) is 0 Å². The molecule has 0 spiro atoms. The number of nitrogens with two attached hydrogens (primary N) is 1. The predicted octanol–water partition coefficient (Wildman–Crippen LogP) is 3.04. The molecule has 4 nitrogen and oxygen atoms in total. The van der Waals surface area contributed by atoms with Crippen LogP contribution in [0.1, 0.15) is 50.0 Å². The number of aromatic nitrogens is 1. The number of pyridine rings is 1. The predicted molar refractivity (Wildman–Crippen MR) is 72.2 cm³/mol. The number of nitrogens with zero attached hydrogens (tertiary/aromatic N) is 1. The van der Waals surface area contributed by atoms with Crippen LogP contribution in [-0.4, -0.2) is 17.6 Å². The summed E-state index contributed by atoms with van der Waals surface area (Å²) in [6.07, 6.45) is 5.92. The first-order chi connectivity index (χ1) is 8.61. The van der Waals surface area contributed by atoms with Crippen molar-refractivity contribution in [3.63, 3.8) is 0 Å². The van der Waals surface area contributed by atoms with Gasteiger partial charge in [-0.15, -0.1) is 0 Å². The monoisotopic (exact) mass is 250 g/mol. The fourth-order valence-electron chi connectivity index (χ4n) is 1.65. The maximum Gasteiger partial charge on any atom is 0.359 e. The summed E-state index contributed by atoms with van der Waals surface area (Å²) >= 11 is 0. The first-order valence-electron chi connectivity index (χ1n) is 6.49. The third-order valence-electron chi connectivity index (χ3n) is 2.69. The van der Waals surface area contributed by atoms with E-state index >= 15 is 0 Å². The zero-order valence-electron chi connectivity index (χ0n) is 11.2. The molecule has 100 valence electrons. The van der Waals surface area contributed by atoms with Gasteiger partial charge in [0.1, 0.15) is 0 Å². The Morgan fingerprint density at radius 2 is 2.17 bits per heavy atom. The Labute approximate surface area is 109 Å². The molecule has 0 aromatic carbocycles. The van der Waals surface area contributed by atoms with E-state index in [9.17, 15) is 4.79 Å². The van der Waals surface area contributed by atoms with Crippen LogP contribution >= 0.6 is 0 Å². The smallest absolute Gasteiger partial charge is 0.359 e. The van der Waals surface area contributed by atoms with Gasteiger partial charge in [-0.05, 0) is 24.5 Å². The van der Waals surface area contributed by atoms with Crippen LogP contribution in [0.3, 0.4) is 0 Å². The van der Waals surface area contributed by atoms with E-state index in [0.717, 1.165) is 18.8 Å². The average Bonchev–Trinajstić information content (AvgIpc) is 2.33. The van der Waals surface area contributed by atoms with E-state index in [0.29, 0.717) is 12.3 Å². The van der Waals surface area contributed by atoms with Gasteiger partial charge >= 0.3 is 5.97 Å². The van der Waals surface area contributed by atoms with Gasteiger partial charge in [-0.3, -0.25) is 0 Å². The van der Waals surface area contributed by atoms with Gasteiger partial charge in [-0.1, -0.05) is 33.1 Å². The molecular weight excluding hydrogens is 228 g/mol. The van der Waals surface area contributed by atoms with Gasteiger partial charge in [0, 0.05) is 6.20 Å². The minimum Gasteiger partial charge on any atom is -0.461 e. The molecule has 0 aliphatic carbocycles. The van der Waals surface area contributed by atoms with Crippen molar-refractivity contribution < 1.29 is 9.53 Å². The summed E-state index contributed by atoms with van der Waals surface area (Å²) < 4.78 is 5.13. The van der Waals surface area contributed by atoms with E-state index in [1.54, 1.807) is 12.1 Å². The van der Waals surface area contributed by atoms with Crippen LogP contribution < -0.4 is 5.73 Å². The van der Waals surface area contributed by atoms with Crippen LogP contribution in [0.2, 0.25) is 0 Å². The van der Waals surface area contributed by atoms with Crippen molar-refractivity contribution in [2.45, 2.75) is 39.5 Å². The van der Waals surface area contributed by atoms with Crippen molar-refractivity contribution in [3.05, 3.63) is 24.0 Å². The molecule has 0 atom stereocenters. The number of unbranched alkanes of at least 4 members (excludes halogenated alkanes) is 2. The number of nitrogen functional groups attached to an aromatic ring is 1. The van der Waals surface area contributed by atoms with E-state index in [1.165, 1.54) is 19.0 Å². The van der Waals surface area contributed by atoms with Crippen LogP contribution in [-0.2, 0) is 4.74 Å². The number of anilines is 1. The Hall–Kier alpha value is -1.58. The highest BCUT2D eigenvalue weighted by Crippen LogP contribution is 2.10. The second-order valence-electron chi connectivity index (χ2n) is 4.82. The molecule has 4 heteroatoms. The first-order valence-corrected chi connectivity index (χ1v) is 6.49. The van der Waals surface area contributed by atoms with Crippen LogP contribution in [0.15, 0.2) is 18.3 Å². The van der Waals surface area contributed by atoms with Crippen LogP contribution in [0.4, 0.5) is 5.69 Å². The Balaban J connectivity index is 2.20. The highest BCUT2D eigenvalue weighted by molar-refractivity contribution is 5.92. The lowest BCUT2D eigenvalue weighted by molar-refractivity contribution is 0.0492. The highest BCUT2D eigenvalue weighted by atomic mass is 16.5. The molecule has 1 aromatic heterocycles. The SMILES string of the molecule is CC(C)CCCCCOC(=O)c1ncccc1N. The lowest BCUT2D eigenvalue weighted by Crippen LogP contribution is -2.11. The quantitative estimate of drug-likeness (QED) is 0.596. The zero-order chi connectivity index (χ0) is 13.4. The fraction of sp³-hybridized carbons (Fsp3) is 0.571. The van der Waals surface area contributed by atoms with Gasteiger partial charge in [0.2, 0.25) is 0 Å². The van der Waals surface area contributed by atoms with E-state index in [2.05, 4.69) is 18.8 Å². The van der Waals surface area contributed by atoms with E-state index < -0.39 is 5.97 Å². The van der Waals surface area contributed by atoms with E-state index in [-0.39, 0.29) is 5.69 Å². The van der Waals surface area contributed by atoms with Crippen molar-refractivity contribution in [3.8, 4) is 0 Å². The standard InChI is InChI=1S/C14H22N2O2/c1-11(2)7-4-3-5-10-18-14(17)13-12(15)8-6-9-16-13/h6,8-9,11H,3-5,7,10,15H2,1-2H3. The number of rotatable bonds is 7. The minimum absolute atomic E-state index is 0.208. The molecule has 2 N–H and O–H groups in total. The molecule has 0 fully saturated rings. The van der Waals surface area contributed by atoms with Crippen LogP contribution in [0, 0.1) is 5.92 Å². The Morgan fingerprint density at radius 3 is 2.83 bits per heavy atom. The lowest BCUT2D eigenvalue weighted by atomic mass is 10.1. The number of carbonyl (C=O) groups is 1. The number of esters is 1. The fourth-order valence-corrected chi connectivity index (χ4v) is 1.65. The van der Waals surface area contributed by atoms with Gasteiger partial charge in [0.05, 0.1) is 12.3 Å². The van der Waals surface area contributed by atoms with Crippen molar-refractivity contribution in [2.75, 3.05) is 12.3 Å². The minimum atomic E-state index is -0.433. The summed E-state index contributed by atoms with van der Waals surface area (Å²) in [5.41, 5.74) is 6.21. The third kappa shape index (κ3) is 5.17. The largest absolute Gasteiger partial charge is 0.461 e. The molecule has 0 aliphatic rings. The Morgan fingerprint density at radius 1 is 1.39 bits per heavy atom. The van der Waals surface area contributed by atoms with Crippen LogP contribution in [0.5, 0.6) is 0 Å². The summed E-state index contributed by atoms with van der Waals surface area (Å²) in [5.74, 6) is 0.304. The first kappa shape index (κ1) is 14.5. The van der Waals surface area contributed by atoms with Crippen molar-refractivity contribution >= 4 is 11.7 Å². The molecule has 1 heterocycles. The van der Waals surface area contributed by atoms with Gasteiger partial charge < -0.3 is 10.5 Å². The van der Waals surface area contributed by atoms with Crippen molar-refractivity contribution in [1.82, 2.24) is 4.98 Å². The molecule has 0 saturated heterocycles. The molecule has 18 heavy (non-hydrogen) atoms. The van der Waals surface area contributed by atoms with Crippen molar-refractivity contribution in [2.24, 2.45) is 5.92 Å². The topological polar surface area (TPSA) is 65.2 Å². The molecule has 0 saturated carbocycles. The molecule has 0 aliphatic heterocycles. The second kappa shape index (κ2) is 7.69. The van der Waals surface area contributed by atoms with Gasteiger partial charge in [0.15, 0.2) is 5.69 Å². The highest BCUT2D eigenvalue weighted by Gasteiger charge is 2.11. The molecule has 1 rings (SSSR count). The maximum absolute atomic E-state index is 11.6. The number of hydrogen-bond acceptors (Lipinski definition) is 4. The Kier molecular flexibility index (Phi) is 6.19. The summed E-state index contributed by atoms with van der Waals surface area (Å²) in [6, 6.07) is 3.34. The summed E-state index contributed by atoms with van der Waals surface area (Å²) in [5, 5.41) is 0. The molecule has 0 unspecified atom stereocenters. The normalized spacial score (nSPS) is 10.6. The van der Waals surface area contributed by atoms with E-state index in [4.69, 9.17) is 10.5 Å². The molecule has 0 radical (unpaired) electrons. The number of ether oxygens (including phenoxy) is 1. The molecular formula is C14H22N2O2. The van der Waals surface area contributed by atoms with Crippen LogP contribution in [0.25, 0.3) is 0 Å². The zero-order valence-corrected chi connectivity index (χ0v) is 11.2. The summed E-state index contributed by atoms with van der Waals surface area (Å²) in [4.78, 5) is 15.6. The lowest BCUT2D eigenvalue weighted by Gasteiger charge is -2.06. The van der Waals surface area contributed by atoms with E-state index in [1.807, 2.05) is 0 Å². The number of carbonyl (C=O) groups excluding carboxylic acids is 1. The van der Waals surface area contributed by atoms with Gasteiger partial charge in [-0.2, -0.15) is 0 Å². The Bertz CT molecular complexity index is 378. The maximum atomic E-state index is 11.6. The van der Waals surface area contributed by atoms with Gasteiger partial charge in [-0.25, -0.2) is 9.78 Å². The summed E-state index contributed by atoms with van der Waals surface area (Å²) in [6.45, 7) is 4.86. The average molecular weight is 250 g/mol. The third-order valence-corrected chi connectivity index (χ3v) is 2.69. The summed E-state index contributed by atoms with van der Waals surface area (Å²) in [7, 11) is 0. The second-order valence-corrected chi connectivity index (χ2v) is 4.82. The molecule has 1 aromatic rings. The number of hydrogen-bond donors (Lipinski definition) is 1. The van der Waals surface area contributed by atoms with Crippen molar-refractivity contribution in [1.29, 1.82) is 0 Å². The molecule has 0 bridgehead atoms.